The summed E-state index contributed by atoms with van der Waals surface area (Å²) >= 11 is 0. The number of carbonyl (C=O) groups excluding carboxylic acids is 1. The normalized spacial score (nSPS) is 18.2. The summed E-state index contributed by atoms with van der Waals surface area (Å²) in [6.45, 7) is 5.33. The molecule has 0 aliphatic carbocycles. The molecule has 1 fully saturated rings. The maximum atomic E-state index is 12.8. The second-order valence-electron chi connectivity index (χ2n) is 6.69. The Morgan fingerprint density at radius 1 is 1.36 bits per heavy atom. The van der Waals surface area contributed by atoms with E-state index >= 15 is 0 Å². The Morgan fingerprint density at radius 2 is 2.24 bits per heavy atom. The van der Waals surface area contributed by atoms with Gasteiger partial charge in [0.15, 0.2) is 5.82 Å². The molecule has 4 heterocycles. The molecule has 8 heteroatoms. The van der Waals surface area contributed by atoms with Crippen LogP contribution >= 0.6 is 0 Å². The minimum absolute atomic E-state index is 0.0808. The van der Waals surface area contributed by atoms with Crippen molar-refractivity contribution in [3.8, 4) is 0 Å². The number of piperidine rings is 1. The van der Waals surface area contributed by atoms with E-state index in [1.54, 1.807) is 16.8 Å². The summed E-state index contributed by atoms with van der Waals surface area (Å²) in [5, 5.41) is 4.11. The number of hydrogen-bond donors (Lipinski definition) is 0. The molecule has 25 heavy (non-hydrogen) atoms. The van der Waals surface area contributed by atoms with Crippen LogP contribution in [0, 0.1) is 0 Å². The first-order chi connectivity index (χ1) is 12.1. The maximum Gasteiger partial charge on any atom is 0.274 e. The number of carbonyl (C=O) groups is 1. The highest BCUT2D eigenvalue weighted by atomic mass is 16.5. The van der Waals surface area contributed by atoms with Gasteiger partial charge in [-0.3, -0.25) is 9.20 Å². The van der Waals surface area contributed by atoms with Crippen LogP contribution in [-0.4, -0.2) is 48.4 Å². The molecule has 1 saturated heterocycles. The number of amides is 1. The molecule has 1 aliphatic heterocycles. The first-order valence-corrected chi connectivity index (χ1v) is 8.54. The Hall–Kier alpha value is -2.77. The fraction of sp³-hybridized carbons (Fsp3) is 0.471. The van der Waals surface area contributed by atoms with Gasteiger partial charge in [-0.1, -0.05) is 19.0 Å². The highest BCUT2D eigenvalue weighted by molar-refractivity contribution is 5.92. The quantitative estimate of drug-likeness (QED) is 0.726. The molecule has 130 valence electrons. The lowest BCUT2D eigenvalue weighted by atomic mass is 9.97. The third-order valence-corrected chi connectivity index (χ3v) is 4.48. The standard InChI is InChI=1S/C17H20N6O2/c1-11(2)15-20-14(21-25-15)12-5-3-7-22(9-12)16(24)13-10-23-8-4-6-18-17(23)19-13/h4,6,8,10-12H,3,5,7,9H2,1-2H3/t12-/m1/s1. The lowest BCUT2D eigenvalue weighted by molar-refractivity contribution is 0.0698. The zero-order chi connectivity index (χ0) is 17.4. The summed E-state index contributed by atoms with van der Waals surface area (Å²) in [6, 6.07) is 1.81. The average molecular weight is 340 g/mol. The Bertz CT molecular complexity index is 866. The van der Waals surface area contributed by atoms with Crippen LogP contribution in [-0.2, 0) is 0 Å². The van der Waals surface area contributed by atoms with E-state index in [0.717, 1.165) is 12.8 Å². The lowest BCUT2D eigenvalue weighted by Gasteiger charge is -2.30. The maximum absolute atomic E-state index is 12.8. The lowest BCUT2D eigenvalue weighted by Crippen LogP contribution is -2.39. The van der Waals surface area contributed by atoms with Crippen LogP contribution in [0.15, 0.2) is 29.2 Å². The average Bonchev–Trinajstić information content (AvgIpc) is 3.28. The SMILES string of the molecule is CC(C)c1nc([C@@H]2CCCN(C(=O)c3cn4cccnc4n3)C2)no1. The topological polar surface area (TPSA) is 89.4 Å². The number of imidazole rings is 1. The number of aromatic nitrogens is 5. The number of hydrogen-bond acceptors (Lipinski definition) is 6. The fourth-order valence-electron chi connectivity index (χ4n) is 3.11. The molecule has 4 rings (SSSR count). The van der Waals surface area contributed by atoms with Gasteiger partial charge in [-0.2, -0.15) is 4.98 Å². The van der Waals surface area contributed by atoms with E-state index in [1.165, 1.54) is 0 Å². The minimum atomic E-state index is -0.0808. The van der Waals surface area contributed by atoms with E-state index in [-0.39, 0.29) is 17.7 Å². The van der Waals surface area contributed by atoms with Crippen LogP contribution in [0.1, 0.15) is 60.7 Å². The molecule has 0 radical (unpaired) electrons. The van der Waals surface area contributed by atoms with Gasteiger partial charge in [0.2, 0.25) is 11.7 Å². The summed E-state index contributed by atoms with van der Waals surface area (Å²) in [5.74, 6) is 2.09. The third-order valence-electron chi connectivity index (χ3n) is 4.48. The van der Waals surface area contributed by atoms with E-state index in [2.05, 4.69) is 20.1 Å². The van der Waals surface area contributed by atoms with Crippen molar-refractivity contribution in [3.63, 3.8) is 0 Å². The molecule has 3 aromatic rings. The van der Waals surface area contributed by atoms with Gasteiger partial charge in [0.1, 0.15) is 5.69 Å². The smallest absolute Gasteiger partial charge is 0.274 e. The van der Waals surface area contributed by atoms with Crippen LogP contribution in [0.3, 0.4) is 0 Å². The predicted molar refractivity (Wildman–Crippen MR) is 89.3 cm³/mol. The van der Waals surface area contributed by atoms with E-state index in [1.807, 2.05) is 31.0 Å². The van der Waals surface area contributed by atoms with Gasteiger partial charge in [-0.05, 0) is 18.9 Å². The molecule has 8 nitrogen and oxygen atoms in total. The number of nitrogens with zero attached hydrogens (tertiary/aromatic N) is 6. The second-order valence-corrected chi connectivity index (χ2v) is 6.69. The molecule has 1 atom stereocenters. The molecular weight excluding hydrogens is 320 g/mol. The van der Waals surface area contributed by atoms with Crippen LogP contribution in [0.4, 0.5) is 0 Å². The highest BCUT2D eigenvalue weighted by Gasteiger charge is 2.29. The van der Waals surface area contributed by atoms with Crippen LogP contribution < -0.4 is 0 Å². The van der Waals surface area contributed by atoms with Gasteiger partial charge < -0.3 is 9.42 Å². The molecule has 0 spiro atoms. The summed E-state index contributed by atoms with van der Waals surface area (Å²) in [7, 11) is 0. The number of rotatable bonds is 3. The van der Waals surface area contributed by atoms with Gasteiger partial charge in [-0.25, -0.2) is 9.97 Å². The molecule has 0 bridgehead atoms. The fourth-order valence-corrected chi connectivity index (χ4v) is 3.11. The largest absolute Gasteiger partial charge is 0.339 e. The molecule has 0 saturated carbocycles. The molecule has 0 unspecified atom stereocenters. The van der Waals surface area contributed by atoms with Crippen molar-refractivity contribution in [2.45, 2.75) is 38.5 Å². The van der Waals surface area contributed by atoms with Crippen molar-refractivity contribution in [1.29, 1.82) is 0 Å². The molecule has 1 amide bonds. The summed E-state index contributed by atoms with van der Waals surface area (Å²) in [4.78, 5) is 27.6. The Morgan fingerprint density at radius 3 is 3.00 bits per heavy atom. The zero-order valence-corrected chi connectivity index (χ0v) is 14.3. The second kappa shape index (κ2) is 6.27. The Kier molecular flexibility index (Phi) is 3.95. The summed E-state index contributed by atoms with van der Waals surface area (Å²) < 4.78 is 7.06. The Balaban J connectivity index is 1.52. The van der Waals surface area contributed by atoms with Crippen molar-refractivity contribution in [3.05, 3.63) is 42.1 Å². The minimum Gasteiger partial charge on any atom is -0.339 e. The van der Waals surface area contributed by atoms with Crippen molar-refractivity contribution >= 4 is 11.7 Å². The zero-order valence-electron chi connectivity index (χ0n) is 14.3. The number of likely N-dealkylation sites (tertiary alicyclic amines) is 1. The van der Waals surface area contributed by atoms with Crippen LogP contribution in [0.5, 0.6) is 0 Å². The van der Waals surface area contributed by atoms with Crippen molar-refractivity contribution < 1.29 is 9.32 Å². The van der Waals surface area contributed by atoms with Crippen molar-refractivity contribution in [2.75, 3.05) is 13.1 Å². The summed E-state index contributed by atoms with van der Waals surface area (Å²) in [5.41, 5.74) is 0.412. The number of fused-ring (bicyclic) bond motifs is 1. The molecular formula is C17H20N6O2. The van der Waals surface area contributed by atoms with Crippen molar-refractivity contribution in [1.82, 2.24) is 29.4 Å². The highest BCUT2D eigenvalue weighted by Crippen LogP contribution is 2.27. The Labute approximate surface area is 144 Å². The van der Waals surface area contributed by atoms with Crippen LogP contribution in [0.2, 0.25) is 0 Å². The van der Waals surface area contributed by atoms with Gasteiger partial charge >= 0.3 is 0 Å². The monoisotopic (exact) mass is 340 g/mol. The van der Waals surface area contributed by atoms with Crippen molar-refractivity contribution in [2.24, 2.45) is 0 Å². The van der Waals surface area contributed by atoms with E-state index in [9.17, 15) is 4.79 Å². The van der Waals surface area contributed by atoms with Gasteiger partial charge in [-0.15, -0.1) is 0 Å². The van der Waals surface area contributed by atoms with E-state index in [0.29, 0.717) is 36.3 Å². The van der Waals surface area contributed by atoms with Gasteiger partial charge in [0, 0.05) is 43.5 Å². The molecule has 3 aromatic heterocycles. The first-order valence-electron chi connectivity index (χ1n) is 8.54. The van der Waals surface area contributed by atoms with E-state index < -0.39 is 0 Å². The summed E-state index contributed by atoms with van der Waals surface area (Å²) in [6.07, 6.45) is 7.08. The van der Waals surface area contributed by atoms with E-state index in [4.69, 9.17) is 4.52 Å². The van der Waals surface area contributed by atoms with Gasteiger partial charge in [0.25, 0.3) is 5.91 Å². The molecule has 0 N–H and O–H groups in total. The van der Waals surface area contributed by atoms with Crippen LogP contribution in [0.25, 0.3) is 5.78 Å². The van der Waals surface area contributed by atoms with Gasteiger partial charge in [0.05, 0.1) is 0 Å². The first kappa shape index (κ1) is 15.7. The predicted octanol–water partition coefficient (Wildman–Crippen LogP) is 2.26. The molecule has 1 aliphatic rings. The third kappa shape index (κ3) is 2.99. The molecule has 0 aromatic carbocycles.